The number of amides is 1. The number of fused-ring (bicyclic) bond motifs is 1. The highest BCUT2D eigenvalue weighted by atomic mass is 32.2. The van der Waals surface area contributed by atoms with E-state index in [1.807, 2.05) is 12.1 Å². The van der Waals surface area contributed by atoms with Gasteiger partial charge in [0, 0.05) is 11.6 Å². The zero-order valence-corrected chi connectivity index (χ0v) is 17.1. The fourth-order valence-corrected chi connectivity index (χ4v) is 5.18. The van der Waals surface area contributed by atoms with E-state index < -0.39 is 10.0 Å². The van der Waals surface area contributed by atoms with Crippen LogP contribution >= 0.6 is 0 Å². The molecule has 0 unspecified atom stereocenters. The van der Waals surface area contributed by atoms with Crippen LogP contribution in [0.3, 0.4) is 0 Å². The Labute approximate surface area is 166 Å². The lowest BCUT2D eigenvalue weighted by Gasteiger charge is -2.37. The van der Waals surface area contributed by atoms with Crippen molar-refractivity contribution in [2.24, 2.45) is 0 Å². The zero-order chi connectivity index (χ0) is 19.9. The Hall–Kier alpha value is -2.18. The number of hydrogen-bond donors (Lipinski definition) is 2. The van der Waals surface area contributed by atoms with Crippen molar-refractivity contribution in [3.05, 3.63) is 65.2 Å². The molecule has 5 nitrogen and oxygen atoms in total. The topological polar surface area (TPSA) is 75.3 Å². The fourth-order valence-electron chi connectivity index (χ4n) is 3.88. The van der Waals surface area contributed by atoms with Crippen LogP contribution in [0.15, 0.2) is 53.4 Å². The molecule has 2 aromatic carbocycles. The molecule has 6 heteroatoms. The average Bonchev–Trinajstić information content (AvgIpc) is 3.48. The van der Waals surface area contributed by atoms with Gasteiger partial charge in [-0.15, -0.1) is 0 Å². The van der Waals surface area contributed by atoms with Crippen molar-refractivity contribution in [3.63, 3.8) is 0 Å². The molecule has 2 aromatic rings. The standard InChI is InChI=1S/C22H26N2O3S/c1-22(2)14-13-20(18-5-3-4-6-19(18)22)23-21(25)15-7-11-17(12-8-15)28(26,27)24-16-9-10-16/h3-8,11-12,16,20,24H,9-10,13-14H2,1-2H3,(H,23,25)/t20-/m0/s1. The Kier molecular flexibility index (Phi) is 4.79. The second-order valence-electron chi connectivity index (χ2n) is 8.46. The minimum Gasteiger partial charge on any atom is -0.345 e. The molecule has 1 fully saturated rings. The van der Waals surface area contributed by atoms with Crippen molar-refractivity contribution in [2.75, 3.05) is 0 Å². The van der Waals surface area contributed by atoms with E-state index in [-0.39, 0.29) is 28.3 Å². The van der Waals surface area contributed by atoms with Gasteiger partial charge in [0.05, 0.1) is 10.9 Å². The second-order valence-corrected chi connectivity index (χ2v) is 10.2. The fraction of sp³-hybridized carbons (Fsp3) is 0.409. The first-order chi connectivity index (χ1) is 13.3. The van der Waals surface area contributed by atoms with Crippen molar-refractivity contribution in [2.45, 2.75) is 61.9 Å². The predicted octanol–water partition coefficient (Wildman–Crippen LogP) is 3.67. The third-order valence-corrected chi connectivity index (χ3v) is 7.29. The zero-order valence-electron chi connectivity index (χ0n) is 16.2. The van der Waals surface area contributed by atoms with E-state index in [9.17, 15) is 13.2 Å². The number of carbonyl (C=O) groups is 1. The van der Waals surface area contributed by atoms with Gasteiger partial charge in [-0.25, -0.2) is 13.1 Å². The van der Waals surface area contributed by atoms with Crippen molar-refractivity contribution in [1.82, 2.24) is 10.0 Å². The van der Waals surface area contributed by atoms with E-state index in [4.69, 9.17) is 0 Å². The summed E-state index contributed by atoms with van der Waals surface area (Å²) in [7, 11) is -3.50. The summed E-state index contributed by atoms with van der Waals surface area (Å²) >= 11 is 0. The Balaban J connectivity index is 1.50. The number of rotatable bonds is 5. The van der Waals surface area contributed by atoms with Gasteiger partial charge in [0.15, 0.2) is 0 Å². The molecule has 0 heterocycles. The first-order valence-corrected chi connectivity index (χ1v) is 11.3. The number of nitrogens with one attached hydrogen (secondary N) is 2. The molecule has 0 saturated heterocycles. The molecule has 2 N–H and O–H groups in total. The lowest BCUT2D eigenvalue weighted by Crippen LogP contribution is -2.35. The Morgan fingerprint density at radius 3 is 2.36 bits per heavy atom. The molecule has 0 aliphatic heterocycles. The maximum absolute atomic E-state index is 12.8. The summed E-state index contributed by atoms with van der Waals surface area (Å²) < 4.78 is 27.2. The lowest BCUT2D eigenvalue weighted by molar-refractivity contribution is 0.0929. The average molecular weight is 399 g/mol. The van der Waals surface area contributed by atoms with Gasteiger partial charge in [-0.3, -0.25) is 4.79 Å². The molecule has 0 aromatic heterocycles. The van der Waals surface area contributed by atoms with Crippen molar-refractivity contribution >= 4 is 15.9 Å². The Bertz CT molecular complexity index is 993. The molecule has 4 rings (SSSR count). The second kappa shape index (κ2) is 7.01. The largest absolute Gasteiger partial charge is 0.345 e. The molecule has 2 aliphatic rings. The van der Waals surface area contributed by atoms with Gasteiger partial charge >= 0.3 is 0 Å². The Morgan fingerprint density at radius 2 is 1.68 bits per heavy atom. The van der Waals surface area contributed by atoms with E-state index in [0.29, 0.717) is 5.56 Å². The minimum atomic E-state index is -3.50. The highest BCUT2D eigenvalue weighted by molar-refractivity contribution is 7.89. The van der Waals surface area contributed by atoms with E-state index >= 15 is 0 Å². The van der Waals surface area contributed by atoms with Crippen molar-refractivity contribution < 1.29 is 13.2 Å². The maximum atomic E-state index is 12.8. The van der Waals surface area contributed by atoms with Gasteiger partial charge < -0.3 is 5.32 Å². The summed E-state index contributed by atoms with van der Waals surface area (Å²) in [6.45, 7) is 4.47. The lowest BCUT2D eigenvalue weighted by atomic mass is 9.71. The van der Waals surface area contributed by atoms with Gasteiger partial charge in [0.25, 0.3) is 5.91 Å². The van der Waals surface area contributed by atoms with Crippen LogP contribution in [0.5, 0.6) is 0 Å². The molecule has 1 saturated carbocycles. The Morgan fingerprint density at radius 1 is 1.00 bits per heavy atom. The van der Waals surface area contributed by atoms with Gasteiger partial charge in [0.1, 0.15) is 0 Å². The first-order valence-electron chi connectivity index (χ1n) is 9.79. The molecular weight excluding hydrogens is 372 g/mol. The third kappa shape index (κ3) is 3.84. The van der Waals surface area contributed by atoms with Crippen LogP contribution in [0.1, 0.15) is 67.1 Å². The smallest absolute Gasteiger partial charge is 0.251 e. The quantitative estimate of drug-likeness (QED) is 0.807. The molecule has 1 atom stereocenters. The van der Waals surface area contributed by atoms with Crippen molar-refractivity contribution in [3.8, 4) is 0 Å². The highest BCUT2D eigenvalue weighted by Gasteiger charge is 2.33. The first kappa shape index (κ1) is 19.2. The van der Waals surface area contributed by atoms with Gasteiger partial charge in [0.2, 0.25) is 10.0 Å². The molecule has 0 spiro atoms. The van der Waals surface area contributed by atoms with E-state index in [2.05, 4.69) is 36.0 Å². The molecule has 2 aliphatic carbocycles. The monoisotopic (exact) mass is 398 g/mol. The summed E-state index contributed by atoms with van der Waals surface area (Å²) in [6, 6.07) is 14.5. The van der Waals surface area contributed by atoms with E-state index in [1.165, 1.54) is 23.3 Å². The summed E-state index contributed by atoms with van der Waals surface area (Å²) in [6.07, 6.45) is 3.66. The molecule has 1 amide bonds. The SMILES string of the molecule is CC1(C)CC[C@H](NC(=O)c2ccc(S(=O)(=O)NC3CC3)cc2)c2ccccc21. The summed E-state index contributed by atoms with van der Waals surface area (Å²) in [5.41, 5.74) is 3.01. The normalized spacial score (nSPS) is 21.0. The summed E-state index contributed by atoms with van der Waals surface area (Å²) in [5, 5.41) is 3.13. The van der Waals surface area contributed by atoms with Crippen molar-refractivity contribution in [1.29, 1.82) is 0 Å². The minimum absolute atomic E-state index is 0.0309. The van der Waals surface area contributed by atoms with Crippen LogP contribution in [-0.4, -0.2) is 20.4 Å². The number of hydrogen-bond acceptors (Lipinski definition) is 3. The molecule has 148 valence electrons. The number of benzene rings is 2. The van der Waals surface area contributed by atoms with Crippen LogP contribution in [0.25, 0.3) is 0 Å². The van der Waals surface area contributed by atoms with Gasteiger partial charge in [-0.1, -0.05) is 38.1 Å². The molecule has 0 radical (unpaired) electrons. The molecule has 28 heavy (non-hydrogen) atoms. The van der Waals surface area contributed by atoms with Crippen LogP contribution in [0.2, 0.25) is 0 Å². The van der Waals surface area contributed by atoms with Gasteiger partial charge in [-0.05, 0) is 66.5 Å². The number of carbonyl (C=O) groups excluding carboxylic acids is 1. The molecular formula is C22H26N2O3S. The summed E-state index contributed by atoms with van der Waals surface area (Å²) in [5.74, 6) is -0.182. The predicted molar refractivity (Wildman–Crippen MR) is 109 cm³/mol. The van der Waals surface area contributed by atoms with Crippen LogP contribution in [-0.2, 0) is 15.4 Å². The summed E-state index contributed by atoms with van der Waals surface area (Å²) in [4.78, 5) is 13.0. The number of sulfonamides is 1. The van der Waals surface area contributed by atoms with E-state index in [1.54, 1.807) is 12.1 Å². The highest BCUT2D eigenvalue weighted by Crippen LogP contribution is 2.41. The van der Waals surface area contributed by atoms with Gasteiger partial charge in [-0.2, -0.15) is 0 Å². The molecule has 0 bridgehead atoms. The maximum Gasteiger partial charge on any atom is 0.251 e. The van der Waals surface area contributed by atoms with E-state index in [0.717, 1.165) is 25.7 Å². The third-order valence-electron chi connectivity index (χ3n) is 5.75. The van der Waals surface area contributed by atoms with Crippen LogP contribution < -0.4 is 10.0 Å². The van der Waals surface area contributed by atoms with Crippen LogP contribution in [0.4, 0.5) is 0 Å². The van der Waals surface area contributed by atoms with Crippen LogP contribution in [0, 0.1) is 0 Å².